The van der Waals surface area contributed by atoms with Crippen molar-refractivity contribution in [3.05, 3.63) is 11.9 Å². The molecule has 0 aliphatic heterocycles. The molecule has 0 bridgehead atoms. The first-order valence-corrected chi connectivity index (χ1v) is 19.3. The maximum Gasteiger partial charge on any atom is 0.0840 e. The van der Waals surface area contributed by atoms with Crippen LogP contribution < -0.4 is 11.6 Å². The maximum absolute atomic E-state index is 8.83. The molecule has 0 atom stereocenters. The summed E-state index contributed by atoms with van der Waals surface area (Å²) in [6.45, 7) is 23.7. The second-order valence-electron chi connectivity index (χ2n) is 10.1. The number of rotatable bonds is 43. The highest BCUT2D eigenvalue weighted by molar-refractivity contribution is 4.94. The fraction of sp³-hybridized carbons (Fsp3) is 0.944. The fourth-order valence-electron chi connectivity index (χ4n) is 3.37. The van der Waals surface area contributed by atoms with Crippen molar-refractivity contribution in [1.29, 1.82) is 0 Å². The summed E-state index contributed by atoms with van der Waals surface area (Å²) in [5.41, 5.74) is 5.77. The van der Waals surface area contributed by atoms with E-state index in [0.717, 1.165) is 13.0 Å². The Kier molecular flexibility index (Phi) is 58.3. The van der Waals surface area contributed by atoms with Gasteiger partial charge in [-0.2, -0.15) is 0 Å². The Hall–Kier alpha value is -1.26. The zero-order valence-electron chi connectivity index (χ0n) is 33.9. The molecule has 322 valence electrons. The lowest BCUT2D eigenvalue weighted by Crippen LogP contribution is -2.30. The van der Waals surface area contributed by atoms with E-state index in [1.54, 1.807) is 0 Å². The molecule has 0 aromatic carbocycles. The first kappa shape index (κ1) is 56.1. The Bertz CT molecular complexity index is 661. The Labute approximate surface area is 321 Å². The predicted molar refractivity (Wildman–Crippen MR) is 204 cm³/mol. The summed E-state index contributed by atoms with van der Waals surface area (Å²) in [7, 11) is 0. The number of hydrogen-bond acceptors (Lipinski definition) is 17. The van der Waals surface area contributed by atoms with Gasteiger partial charge in [0.15, 0.2) is 0 Å². The average Bonchev–Trinajstić information content (AvgIpc) is 3.18. The summed E-state index contributed by atoms with van der Waals surface area (Å²) in [5.74, 6) is 5.68. The molecule has 0 unspecified atom stereocenters. The smallest absolute Gasteiger partial charge is 0.0840 e. The van der Waals surface area contributed by atoms with Crippen molar-refractivity contribution in [2.75, 3.05) is 185 Å². The highest BCUT2D eigenvalue weighted by atomic mass is 16.6. The second-order valence-corrected chi connectivity index (χ2v) is 10.1. The zero-order valence-corrected chi connectivity index (χ0v) is 33.9. The zero-order chi connectivity index (χ0) is 39.6. The van der Waals surface area contributed by atoms with Crippen molar-refractivity contribution in [2.24, 2.45) is 11.6 Å². The van der Waals surface area contributed by atoms with Crippen molar-refractivity contribution < 1.29 is 66.7 Å². The van der Waals surface area contributed by atoms with Crippen LogP contribution in [0.3, 0.4) is 0 Å². The Morgan fingerprint density at radius 1 is 0.396 bits per heavy atom. The normalized spacial score (nSPS) is 11.3. The van der Waals surface area contributed by atoms with Crippen molar-refractivity contribution in [1.82, 2.24) is 5.01 Å². The number of hydrazine groups is 1. The van der Waals surface area contributed by atoms with Crippen LogP contribution in [0.1, 0.15) is 41.0 Å². The molecule has 17 heteroatoms. The van der Waals surface area contributed by atoms with Gasteiger partial charge in [0.25, 0.3) is 0 Å². The average molecular weight is 778 g/mol. The standard InChI is InChI=1S/C32H67N3O14.2C2H6/c1-2-4-37-6-8-39-10-12-41-14-16-43-18-20-45-22-24-47-26-28-49-29-27-48-25-23-46-21-19-44-17-15-42-13-11-40-9-7-38-5-3-35(34)30-32(33)31-36;2*1-2/h30,36H,2-29,31,33-34H2,1H3;2*1-2H3/b32-30-;;. The third-order valence-corrected chi connectivity index (χ3v) is 5.82. The molecule has 0 saturated carbocycles. The molecule has 0 amide bonds. The lowest BCUT2D eigenvalue weighted by Gasteiger charge is -2.14. The van der Waals surface area contributed by atoms with Crippen molar-refractivity contribution in [3.8, 4) is 0 Å². The van der Waals surface area contributed by atoms with Gasteiger partial charge in [-0.15, -0.1) is 0 Å². The van der Waals surface area contributed by atoms with Gasteiger partial charge in [-0.25, -0.2) is 5.84 Å². The summed E-state index contributed by atoms with van der Waals surface area (Å²) < 4.78 is 70.8. The molecule has 17 nitrogen and oxygen atoms in total. The van der Waals surface area contributed by atoms with Gasteiger partial charge in [-0.1, -0.05) is 34.6 Å². The van der Waals surface area contributed by atoms with Crippen LogP contribution in [0.25, 0.3) is 0 Å². The molecule has 0 fully saturated rings. The van der Waals surface area contributed by atoms with Gasteiger partial charge in [0.05, 0.1) is 184 Å². The molecule has 5 N–H and O–H groups in total. The van der Waals surface area contributed by atoms with Crippen LogP contribution in [0.2, 0.25) is 0 Å². The highest BCUT2D eigenvalue weighted by Gasteiger charge is 1.98. The Balaban J connectivity index is -0.00000602. The largest absolute Gasteiger partial charge is 0.399 e. The highest BCUT2D eigenvalue weighted by Crippen LogP contribution is 1.89. The summed E-state index contributed by atoms with van der Waals surface area (Å²) >= 11 is 0. The summed E-state index contributed by atoms with van der Waals surface area (Å²) in [6.07, 6.45) is 2.49. The minimum Gasteiger partial charge on any atom is -0.399 e. The number of nitrogens with two attached hydrogens (primary N) is 2. The van der Waals surface area contributed by atoms with Gasteiger partial charge in [-0.3, -0.25) is 0 Å². The van der Waals surface area contributed by atoms with E-state index in [-0.39, 0.29) is 6.61 Å². The molecule has 0 aliphatic rings. The van der Waals surface area contributed by atoms with Gasteiger partial charge < -0.3 is 77.4 Å². The number of nitrogens with zero attached hydrogens (tertiary/aromatic N) is 1. The van der Waals surface area contributed by atoms with Crippen LogP contribution in [-0.2, 0) is 61.6 Å². The third kappa shape index (κ3) is 55.2. The first-order valence-electron chi connectivity index (χ1n) is 19.3. The number of hydrogen-bond donors (Lipinski definition) is 3. The number of ether oxygens (including phenoxy) is 13. The number of aliphatic hydroxyl groups is 1. The molecule has 0 aromatic heterocycles. The minimum atomic E-state index is -0.235. The summed E-state index contributed by atoms with van der Waals surface area (Å²) in [4.78, 5) is 0. The van der Waals surface area contributed by atoms with E-state index in [1.165, 1.54) is 11.2 Å². The van der Waals surface area contributed by atoms with Crippen LogP contribution in [0, 0.1) is 0 Å². The Morgan fingerprint density at radius 2 is 0.585 bits per heavy atom. The van der Waals surface area contributed by atoms with Crippen LogP contribution in [-0.4, -0.2) is 195 Å². The van der Waals surface area contributed by atoms with Crippen molar-refractivity contribution in [3.63, 3.8) is 0 Å². The lowest BCUT2D eigenvalue weighted by molar-refractivity contribution is -0.0290. The molecule has 0 aliphatic carbocycles. The van der Waals surface area contributed by atoms with Gasteiger partial charge in [0, 0.05) is 12.8 Å². The van der Waals surface area contributed by atoms with Gasteiger partial charge in [-0.05, 0) is 6.42 Å². The topological polar surface area (TPSA) is 196 Å². The van der Waals surface area contributed by atoms with Crippen molar-refractivity contribution >= 4 is 0 Å². The molecule has 0 aromatic rings. The third-order valence-electron chi connectivity index (χ3n) is 5.82. The molecule has 0 rings (SSSR count). The summed E-state index contributed by atoms with van der Waals surface area (Å²) in [6, 6.07) is 0. The molecule has 0 heterocycles. The van der Waals surface area contributed by atoms with E-state index >= 15 is 0 Å². The molecule has 0 saturated heterocycles. The van der Waals surface area contributed by atoms with Gasteiger partial charge >= 0.3 is 0 Å². The fourth-order valence-corrected chi connectivity index (χ4v) is 3.37. The van der Waals surface area contributed by atoms with Crippen LogP contribution >= 0.6 is 0 Å². The van der Waals surface area contributed by atoms with Crippen LogP contribution in [0.4, 0.5) is 0 Å². The maximum atomic E-state index is 8.83. The van der Waals surface area contributed by atoms with Gasteiger partial charge in [0.1, 0.15) is 0 Å². The van der Waals surface area contributed by atoms with E-state index in [4.69, 9.17) is 78.3 Å². The predicted octanol–water partition coefficient (Wildman–Crippen LogP) is 1.63. The van der Waals surface area contributed by atoms with Crippen LogP contribution in [0.5, 0.6) is 0 Å². The van der Waals surface area contributed by atoms with E-state index in [0.29, 0.717) is 177 Å². The van der Waals surface area contributed by atoms with Gasteiger partial charge in [0.2, 0.25) is 0 Å². The van der Waals surface area contributed by atoms with Crippen molar-refractivity contribution in [2.45, 2.75) is 41.0 Å². The quantitative estimate of drug-likeness (QED) is 0.0459. The van der Waals surface area contributed by atoms with Crippen LogP contribution in [0.15, 0.2) is 11.9 Å². The first-order chi connectivity index (χ1) is 26.2. The SMILES string of the molecule is CC.CC.CCCOCCOCCOCCOCCOCCOCCOCCOCCOCCOCCOCCOCCOCCN(N)/C=C(\N)CO. The molecule has 53 heavy (non-hydrogen) atoms. The minimum absolute atomic E-state index is 0.235. The molecule has 0 spiro atoms. The monoisotopic (exact) mass is 778 g/mol. The summed E-state index contributed by atoms with van der Waals surface area (Å²) in [5, 5.41) is 10.2. The van der Waals surface area contributed by atoms with E-state index in [1.807, 2.05) is 27.7 Å². The van der Waals surface area contributed by atoms with E-state index in [2.05, 4.69) is 6.92 Å². The van der Waals surface area contributed by atoms with E-state index < -0.39 is 0 Å². The van der Waals surface area contributed by atoms with E-state index in [9.17, 15) is 0 Å². The number of aliphatic hydroxyl groups excluding tert-OH is 1. The molecular weight excluding hydrogens is 698 g/mol. The molecule has 0 radical (unpaired) electrons. The Morgan fingerprint density at radius 3 is 0.774 bits per heavy atom. The molecular formula is C36H79N3O14. The lowest BCUT2D eigenvalue weighted by atomic mass is 10.5. The second kappa shape index (κ2) is 55.1.